The molecular weight excluding hydrogens is 513 g/mol. The molecule has 0 fully saturated rings. The first-order valence-electron chi connectivity index (χ1n) is 7.77. The van der Waals surface area contributed by atoms with Crippen LogP contribution in [0.3, 0.4) is 0 Å². The van der Waals surface area contributed by atoms with E-state index in [0.29, 0.717) is 17.5 Å². The van der Waals surface area contributed by atoms with Crippen LogP contribution in [0.25, 0.3) is 0 Å². The second-order valence-electron chi connectivity index (χ2n) is 6.19. The standard InChI is InChI=1S/C19H18N3O3.Pt/c1-19(2,18-21-15(17(23)24)12-22(18)3)13-7-6-8-14(11-13)25-16-9-4-5-10-20-16;/h4-10,12H,1-3H3,(H,23,24);/q-1;. The van der Waals surface area contributed by atoms with E-state index in [4.69, 9.17) is 9.84 Å². The Morgan fingerprint density at radius 2 is 2.00 bits per heavy atom. The predicted molar refractivity (Wildman–Crippen MR) is 91.9 cm³/mol. The average molecular weight is 531 g/mol. The van der Waals surface area contributed by atoms with Crippen molar-refractivity contribution in [3.05, 3.63) is 71.9 Å². The quantitative estimate of drug-likeness (QED) is 0.511. The minimum absolute atomic E-state index is 0. The number of nitrogens with zero attached hydrogens (tertiary/aromatic N) is 3. The number of pyridine rings is 1. The fourth-order valence-electron chi connectivity index (χ4n) is 2.66. The number of ether oxygens (including phenoxy) is 1. The fourth-order valence-corrected chi connectivity index (χ4v) is 2.66. The Kier molecular flexibility index (Phi) is 5.98. The number of carboxylic acids is 1. The summed E-state index contributed by atoms with van der Waals surface area (Å²) in [5.74, 6) is 0.612. The zero-order chi connectivity index (χ0) is 18.0. The van der Waals surface area contributed by atoms with Crippen LogP contribution in [0.1, 0.15) is 35.7 Å². The van der Waals surface area contributed by atoms with Gasteiger partial charge in [0.05, 0.1) is 0 Å². The van der Waals surface area contributed by atoms with Crippen molar-refractivity contribution in [2.45, 2.75) is 19.3 Å². The molecule has 3 aromatic rings. The zero-order valence-corrected chi connectivity index (χ0v) is 16.8. The van der Waals surface area contributed by atoms with Gasteiger partial charge in [0.2, 0.25) is 5.88 Å². The van der Waals surface area contributed by atoms with Gasteiger partial charge in [0.1, 0.15) is 5.82 Å². The Balaban J connectivity index is 0.00000243. The van der Waals surface area contributed by atoms with E-state index >= 15 is 0 Å². The molecule has 3 rings (SSSR count). The van der Waals surface area contributed by atoms with Gasteiger partial charge in [-0.1, -0.05) is 19.9 Å². The van der Waals surface area contributed by atoms with Crippen molar-refractivity contribution in [1.29, 1.82) is 0 Å². The summed E-state index contributed by atoms with van der Waals surface area (Å²) in [6, 6.07) is 14.2. The first kappa shape index (κ1) is 19.9. The zero-order valence-electron chi connectivity index (χ0n) is 14.5. The maximum atomic E-state index is 11.2. The number of carboxylic acid groups (broad SMARTS) is 1. The number of carbonyl (C=O) groups is 1. The molecule has 0 bridgehead atoms. The van der Waals surface area contributed by atoms with Crippen molar-refractivity contribution in [2.24, 2.45) is 7.05 Å². The van der Waals surface area contributed by atoms with Gasteiger partial charge in [0, 0.05) is 57.7 Å². The van der Waals surface area contributed by atoms with E-state index in [0.717, 1.165) is 5.56 Å². The molecule has 0 aliphatic carbocycles. The summed E-state index contributed by atoms with van der Waals surface area (Å²) < 4.78 is 7.46. The SMILES string of the molecule is Cn1cc(C(=O)O)nc1C(C)(C)c1[c-]c(Oc2ccccn2)ccc1.[Pt]. The molecule has 0 saturated carbocycles. The molecule has 1 aromatic carbocycles. The van der Waals surface area contributed by atoms with Crippen LogP contribution in [-0.2, 0) is 33.5 Å². The van der Waals surface area contributed by atoms with Crippen LogP contribution < -0.4 is 4.74 Å². The van der Waals surface area contributed by atoms with Crippen LogP contribution in [-0.4, -0.2) is 25.6 Å². The fraction of sp³-hybridized carbons (Fsp3) is 0.211. The molecule has 7 heteroatoms. The summed E-state index contributed by atoms with van der Waals surface area (Å²) in [5.41, 5.74) is 0.310. The minimum Gasteiger partial charge on any atom is -0.476 e. The molecule has 0 spiro atoms. The number of benzene rings is 1. The molecule has 0 radical (unpaired) electrons. The van der Waals surface area contributed by atoms with Crippen LogP contribution in [0.4, 0.5) is 0 Å². The Morgan fingerprint density at radius 1 is 1.23 bits per heavy atom. The summed E-state index contributed by atoms with van der Waals surface area (Å²) in [4.78, 5) is 19.6. The average Bonchev–Trinajstić information content (AvgIpc) is 2.99. The third kappa shape index (κ3) is 4.02. The smallest absolute Gasteiger partial charge is 0.356 e. The summed E-state index contributed by atoms with van der Waals surface area (Å²) in [6.45, 7) is 3.94. The van der Waals surface area contributed by atoms with Gasteiger partial charge in [-0.25, -0.2) is 14.8 Å². The molecule has 138 valence electrons. The molecule has 0 atom stereocenters. The summed E-state index contributed by atoms with van der Waals surface area (Å²) in [7, 11) is 1.78. The van der Waals surface area contributed by atoms with Gasteiger partial charge in [-0.2, -0.15) is 12.1 Å². The van der Waals surface area contributed by atoms with E-state index < -0.39 is 11.4 Å². The predicted octanol–water partition coefficient (Wildman–Crippen LogP) is 3.43. The van der Waals surface area contributed by atoms with E-state index in [-0.39, 0.29) is 26.8 Å². The van der Waals surface area contributed by atoms with Crippen LogP contribution in [0.5, 0.6) is 11.6 Å². The third-order valence-electron chi connectivity index (χ3n) is 3.95. The third-order valence-corrected chi connectivity index (χ3v) is 3.95. The van der Waals surface area contributed by atoms with Crippen LogP contribution >= 0.6 is 0 Å². The monoisotopic (exact) mass is 531 g/mol. The van der Waals surface area contributed by atoms with Crippen LogP contribution in [0.2, 0.25) is 0 Å². The van der Waals surface area contributed by atoms with Crippen molar-refractivity contribution in [3.63, 3.8) is 0 Å². The van der Waals surface area contributed by atoms with E-state index in [1.54, 1.807) is 29.9 Å². The number of aromatic carboxylic acids is 1. The first-order chi connectivity index (χ1) is 11.9. The van der Waals surface area contributed by atoms with Crippen molar-refractivity contribution >= 4 is 5.97 Å². The molecule has 0 unspecified atom stereocenters. The largest absolute Gasteiger partial charge is 0.476 e. The second kappa shape index (κ2) is 7.83. The van der Waals surface area contributed by atoms with Gasteiger partial charge in [0.15, 0.2) is 5.69 Å². The molecule has 2 heterocycles. The molecule has 0 amide bonds. The maximum Gasteiger partial charge on any atom is 0.356 e. The van der Waals surface area contributed by atoms with Crippen molar-refractivity contribution in [1.82, 2.24) is 14.5 Å². The van der Waals surface area contributed by atoms with E-state index in [1.807, 2.05) is 38.1 Å². The van der Waals surface area contributed by atoms with Gasteiger partial charge in [-0.15, -0.1) is 17.7 Å². The number of hydrogen-bond acceptors (Lipinski definition) is 4. The Bertz CT molecular complexity index is 907. The van der Waals surface area contributed by atoms with Crippen molar-refractivity contribution in [2.75, 3.05) is 0 Å². The molecule has 1 N–H and O–H groups in total. The molecule has 2 aromatic heterocycles. The summed E-state index contributed by atoms with van der Waals surface area (Å²) in [6.07, 6.45) is 3.16. The topological polar surface area (TPSA) is 77.2 Å². The van der Waals surface area contributed by atoms with E-state index in [9.17, 15) is 4.79 Å². The number of aromatic nitrogens is 3. The molecule has 26 heavy (non-hydrogen) atoms. The Morgan fingerprint density at radius 3 is 2.62 bits per heavy atom. The molecule has 0 aliphatic heterocycles. The van der Waals surface area contributed by atoms with Gasteiger partial charge < -0.3 is 14.4 Å². The first-order valence-corrected chi connectivity index (χ1v) is 7.77. The summed E-state index contributed by atoms with van der Waals surface area (Å²) >= 11 is 0. The normalized spacial score (nSPS) is 10.9. The van der Waals surface area contributed by atoms with Gasteiger partial charge in [-0.3, -0.25) is 0 Å². The van der Waals surface area contributed by atoms with Crippen molar-refractivity contribution in [3.8, 4) is 11.6 Å². The van der Waals surface area contributed by atoms with Gasteiger partial charge in [-0.05, 0) is 6.07 Å². The maximum absolute atomic E-state index is 11.2. The molecule has 6 nitrogen and oxygen atoms in total. The molecule has 0 saturated heterocycles. The van der Waals surface area contributed by atoms with E-state index in [2.05, 4.69) is 16.0 Å². The number of hydrogen-bond donors (Lipinski definition) is 1. The number of rotatable bonds is 5. The van der Waals surface area contributed by atoms with Crippen molar-refractivity contribution < 1.29 is 35.7 Å². The Hall–Kier alpha value is -2.46. The second-order valence-corrected chi connectivity index (χ2v) is 6.19. The van der Waals surface area contributed by atoms with Gasteiger partial charge in [0.25, 0.3) is 0 Å². The molecule has 0 aliphatic rings. The Labute approximate surface area is 166 Å². The number of imidazole rings is 1. The minimum atomic E-state index is -1.05. The van der Waals surface area contributed by atoms with Crippen LogP contribution in [0.15, 0.2) is 48.8 Å². The summed E-state index contributed by atoms with van der Waals surface area (Å²) in [5, 5.41) is 9.16. The molecular formula is C19H18N3O3Pt-. The van der Waals surface area contributed by atoms with Crippen LogP contribution in [0, 0.1) is 6.07 Å². The number of aryl methyl sites for hydroxylation is 1. The van der Waals surface area contributed by atoms with E-state index in [1.165, 1.54) is 6.20 Å². The van der Waals surface area contributed by atoms with Gasteiger partial charge >= 0.3 is 5.97 Å².